The molecule has 3 aromatic rings. The molecule has 5 heteroatoms. The van der Waals surface area contributed by atoms with Crippen molar-refractivity contribution in [2.45, 2.75) is 70.2 Å². The number of aliphatic hydroxyl groups excluding tert-OH is 1. The molecule has 0 radical (unpaired) electrons. The number of nitrogens with two attached hydrogens (primary N) is 1. The van der Waals surface area contributed by atoms with E-state index in [1.165, 1.54) is 32.1 Å². The maximum Gasteiger partial charge on any atom is 0.184 e. The molecule has 3 unspecified atom stereocenters. The van der Waals surface area contributed by atoms with Crippen LogP contribution in [0.5, 0.6) is 0 Å². The van der Waals surface area contributed by atoms with Crippen LogP contribution >= 0.6 is 0 Å². The lowest BCUT2D eigenvalue weighted by Crippen LogP contribution is -2.40. The van der Waals surface area contributed by atoms with Crippen molar-refractivity contribution in [2.75, 3.05) is 19.6 Å². The molecule has 5 rings (SSSR count). The van der Waals surface area contributed by atoms with E-state index in [9.17, 15) is 5.11 Å². The predicted octanol–water partition coefficient (Wildman–Crippen LogP) is 6.12. The molecule has 0 amide bonds. The van der Waals surface area contributed by atoms with Gasteiger partial charge in [0, 0.05) is 25.1 Å². The van der Waals surface area contributed by atoms with Gasteiger partial charge in [-0.05, 0) is 65.9 Å². The topological polar surface area (TPSA) is 68.0 Å². The first kappa shape index (κ1) is 26.1. The van der Waals surface area contributed by atoms with Gasteiger partial charge in [0.05, 0.1) is 18.8 Å². The predicted molar refractivity (Wildman–Crippen MR) is 148 cm³/mol. The number of rotatable bonds is 7. The molecule has 2 aliphatic heterocycles. The van der Waals surface area contributed by atoms with Crippen LogP contribution in [0.1, 0.15) is 73.2 Å². The number of aliphatic hydroxyl groups is 1. The van der Waals surface area contributed by atoms with Crippen molar-refractivity contribution >= 4 is 0 Å². The van der Waals surface area contributed by atoms with Gasteiger partial charge in [-0.15, -0.1) is 0 Å². The van der Waals surface area contributed by atoms with Gasteiger partial charge in [-0.25, -0.2) is 0 Å². The van der Waals surface area contributed by atoms with E-state index in [0.717, 1.165) is 59.4 Å². The Hall–Kier alpha value is -2.54. The quantitative estimate of drug-likeness (QED) is 0.409. The Balaban J connectivity index is 1.39. The molecule has 0 aliphatic carbocycles. The lowest BCUT2D eigenvalue weighted by Gasteiger charge is -2.39. The Labute approximate surface area is 221 Å². The Morgan fingerprint density at radius 2 is 1.46 bits per heavy atom. The van der Waals surface area contributed by atoms with Crippen molar-refractivity contribution < 1.29 is 14.6 Å². The molecule has 0 aromatic heterocycles. The standard InChI is InChI=1S/C32H40N2O3/c33-21-25-8-6-9-27(18-25)28-10-7-11-29(19-28)32-36-30(22-34-16-4-2-1-3-5-17-34)20-31(37-32)26-14-12-24(23-35)13-15-26/h6-15,18-19,30-32,35H,1-5,16-17,20-23,33H2. The second-order valence-corrected chi connectivity index (χ2v) is 10.4. The van der Waals surface area contributed by atoms with Crippen molar-refractivity contribution in [1.29, 1.82) is 0 Å². The maximum absolute atomic E-state index is 9.49. The van der Waals surface area contributed by atoms with Crippen molar-refractivity contribution in [3.05, 3.63) is 95.1 Å². The third-order valence-electron chi connectivity index (χ3n) is 7.68. The van der Waals surface area contributed by atoms with E-state index in [4.69, 9.17) is 15.2 Å². The van der Waals surface area contributed by atoms with E-state index in [1.807, 2.05) is 12.1 Å². The minimum Gasteiger partial charge on any atom is -0.392 e. The Bertz CT molecular complexity index is 1120. The summed E-state index contributed by atoms with van der Waals surface area (Å²) in [4.78, 5) is 2.59. The summed E-state index contributed by atoms with van der Waals surface area (Å²) in [6.07, 6.45) is 6.96. The largest absolute Gasteiger partial charge is 0.392 e. The summed E-state index contributed by atoms with van der Waals surface area (Å²) >= 11 is 0. The summed E-state index contributed by atoms with van der Waals surface area (Å²) < 4.78 is 13.3. The Morgan fingerprint density at radius 3 is 2.19 bits per heavy atom. The van der Waals surface area contributed by atoms with E-state index >= 15 is 0 Å². The summed E-state index contributed by atoms with van der Waals surface area (Å²) in [7, 11) is 0. The van der Waals surface area contributed by atoms with Crippen LogP contribution in [0.25, 0.3) is 11.1 Å². The lowest BCUT2D eigenvalue weighted by molar-refractivity contribution is -0.253. The average Bonchev–Trinajstić information content (AvgIpc) is 2.94. The van der Waals surface area contributed by atoms with Crippen LogP contribution in [0.2, 0.25) is 0 Å². The fourth-order valence-corrected chi connectivity index (χ4v) is 5.56. The van der Waals surface area contributed by atoms with Gasteiger partial charge in [0.15, 0.2) is 6.29 Å². The van der Waals surface area contributed by atoms with Gasteiger partial charge in [-0.1, -0.05) is 79.9 Å². The molecule has 5 nitrogen and oxygen atoms in total. The molecule has 0 saturated carbocycles. The van der Waals surface area contributed by atoms with Gasteiger partial charge >= 0.3 is 0 Å². The summed E-state index contributed by atoms with van der Waals surface area (Å²) in [6, 6.07) is 25.0. The number of hydrogen-bond acceptors (Lipinski definition) is 5. The van der Waals surface area contributed by atoms with Gasteiger partial charge in [-0.2, -0.15) is 0 Å². The molecule has 3 aromatic carbocycles. The van der Waals surface area contributed by atoms with Gasteiger partial charge in [0.25, 0.3) is 0 Å². The summed E-state index contributed by atoms with van der Waals surface area (Å²) in [5.74, 6) is 0. The summed E-state index contributed by atoms with van der Waals surface area (Å²) in [5, 5.41) is 9.49. The molecule has 3 atom stereocenters. The zero-order chi connectivity index (χ0) is 25.5. The van der Waals surface area contributed by atoms with Crippen LogP contribution in [-0.4, -0.2) is 35.7 Å². The SMILES string of the molecule is NCc1cccc(-c2cccc(C3OC(CN4CCCCCCC4)CC(c4ccc(CO)cc4)O3)c2)c1. The Kier molecular flexibility index (Phi) is 9.03. The van der Waals surface area contributed by atoms with Crippen LogP contribution in [0, 0.1) is 0 Å². The maximum atomic E-state index is 9.49. The number of nitrogens with zero attached hydrogens (tertiary/aromatic N) is 1. The minimum atomic E-state index is -0.436. The smallest absolute Gasteiger partial charge is 0.184 e. The van der Waals surface area contributed by atoms with Gasteiger partial charge < -0.3 is 25.2 Å². The third-order valence-corrected chi connectivity index (χ3v) is 7.68. The van der Waals surface area contributed by atoms with Crippen LogP contribution < -0.4 is 5.73 Å². The van der Waals surface area contributed by atoms with Gasteiger partial charge in [-0.3, -0.25) is 0 Å². The van der Waals surface area contributed by atoms with Crippen molar-refractivity contribution in [1.82, 2.24) is 4.90 Å². The Morgan fingerprint density at radius 1 is 0.757 bits per heavy atom. The summed E-state index contributed by atoms with van der Waals surface area (Å²) in [5.41, 5.74) is 12.4. The minimum absolute atomic E-state index is 0.0489. The number of likely N-dealkylation sites (tertiary alicyclic amines) is 1. The second kappa shape index (κ2) is 12.8. The molecule has 0 bridgehead atoms. The first-order chi connectivity index (χ1) is 18.2. The highest BCUT2D eigenvalue weighted by molar-refractivity contribution is 5.65. The first-order valence-electron chi connectivity index (χ1n) is 13.8. The molecule has 0 spiro atoms. The first-order valence-corrected chi connectivity index (χ1v) is 13.8. The summed E-state index contributed by atoms with van der Waals surface area (Å²) in [6.45, 7) is 3.80. The zero-order valence-corrected chi connectivity index (χ0v) is 21.7. The number of benzene rings is 3. The molecular formula is C32H40N2O3. The highest BCUT2D eigenvalue weighted by Crippen LogP contribution is 2.39. The monoisotopic (exact) mass is 500 g/mol. The molecule has 196 valence electrons. The fraction of sp³-hybridized carbons (Fsp3) is 0.438. The van der Waals surface area contributed by atoms with Crippen molar-refractivity contribution in [3.63, 3.8) is 0 Å². The molecule has 3 N–H and O–H groups in total. The van der Waals surface area contributed by atoms with Crippen LogP contribution in [0.4, 0.5) is 0 Å². The van der Waals surface area contributed by atoms with Crippen molar-refractivity contribution in [3.8, 4) is 11.1 Å². The third kappa shape index (κ3) is 6.86. The molecule has 2 saturated heterocycles. The van der Waals surface area contributed by atoms with Gasteiger partial charge in [0.2, 0.25) is 0 Å². The number of hydrogen-bond donors (Lipinski definition) is 2. The average molecular weight is 501 g/mol. The second-order valence-electron chi connectivity index (χ2n) is 10.4. The van der Waals surface area contributed by atoms with E-state index in [1.54, 1.807) is 0 Å². The van der Waals surface area contributed by atoms with Crippen LogP contribution in [0.15, 0.2) is 72.8 Å². The van der Waals surface area contributed by atoms with Gasteiger partial charge in [0.1, 0.15) is 0 Å². The van der Waals surface area contributed by atoms with Crippen molar-refractivity contribution in [2.24, 2.45) is 5.73 Å². The molecular weight excluding hydrogens is 460 g/mol. The highest BCUT2D eigenvalue weighted by Gasteiger charge is 2.33. The van der Waals surface area contributed by atoms with E-state index in [0.29, 0.717) is 6.54 Å². The van der Waals surface area contributed by atoms with E-state index < -0.39 is 6.29 Å². The number of ether oxygens (including phenoxy) is 2. The molecule has 37 heavy (non-hydrogen) atoms. The van der Waals surface area contributed by atoms with Crippen LogP contribution in [-0.2, 0) is 22.6 Å². The van der Waals surface area contributed by atoms with E-state index in [-0.39, 0.29) is 18.8 Å². The van der Waals surface area contributed by atoms with Crippen LogP contribution in [0.3, 0.4) is 0 Å². The van der Waals surface area contributed by atoms with E-state index in [2.05, 4.69) is 65.6 Å². The fourth-order valence-electron chi connectivity index (χ4n) is 5.56. The lowest BCUT2D eigenvalue weighted by atomic mass is 9.98. The highest BCUT2D eigenvalue weighted by atomic mass is 16.7. The molecule has 2 aliphatic rings. The molecule has 2 fully saturated rings. The zero-order valence-electron chi connectivity index (χ0n) is 21.7. The molecule has 2 heterocycles. The normalized spacial score (nSPS) is 23.4.